The van der Waals surface area contributed by atoms with E-state index in [4.69, 9.17) is 9.47 Å². The molecule has 0 unspecified atom stereocenters. The molecule has 0 amide bonds. The van der Waals surface area contributed by atoms with Crippen molar-refractivity contribution >= 4 is 11.8 Å². The highest BCUT2D eigenvalue weighted by Crippen LogP contribution is 2.23. The van der Waals surface area contributed by atoms with Crippen LogP contribution in [0.15, 0.2) is 12.1 Å². The van der Waals surface area contributed by atoms with E-state index in [1.165, 1.54) is 33.5 Å². The Morgan fingerprint density at radius 2 is 1.94 bits per heavy atom. The van der Waals surface area contributed by atoms with E-state index in [-0.39, 0.29) is 0 Å². The second-order valence-electron chi connectivity index (χ2n) is 4.27. The highest BCUT2D eigenvalue weighted by Gasteiger charge is 2.18. The van der Waals surface area contributed by atoms with Crippen LogP contribution in [-0.4, -0.2) is 38.3 Å². The average Bonchev–Trinajstić information content (AvgIpc) is 2.46. The Morgan fingerprint density at radius 1 is 1.22 bits per heavy atom. The van der Waals surface area contributed by atoms with Crippen LogP contribution in [0, 0.1) is 0 Å². The molecule has 1 aromatic rings. The van der Waals surface area contributed by atoms with E-state index in [9.17, 15) is 4.79 Å². The van der Waals surface area contributed by atoms with Gasteiger partial charge < -0.3 is 14.4 Å². The minimum atomic E-state index is -0.426. The molecular weight excluding hydrogens is 232 g/mol. The zero-order valence-corrected chi connectivity index (χ0v) is 10.8. The normalized spacial score (nSPS) is 15.3. The molecule has 0 aromatic carbocycles. The van der Waals surface area contributed by atoms with Crippen molar-refractivity contribution in [3.8, 4) is 5.88 Å². The first-order chi connectivity index (χ1) is 8.76. The Kier molecular flexibility index (Phi) is 4.02. The number of carbonyl (C=O) groups excluding carboxylic acids is 1. The van der Waals surface area contributed by atoms with Crippen LogP contribution in [0.4, 0.5) is 5.82 Å². The van der Waals surface area contributed by atoms with Crippen molar-refractivity contribution in [1.29, 1.82) is 0 Å². The smallest absolute Gasteiger partial charge is 0.343 e. The first-order valence-corrected chi connectivity index (χ1v) is 6.14. The number of hydrogen-bond donors (Lipinski definition) is 0. The summed E-state index contributed by atoms with van der Waals surface area (Å²) in [6, 6.07) is 3.56. The zero-order valence-electron chi connectivity index (χ0n) is 10.8. The molecule has 0 bridgehead atoms. The van der Waals surface area contributed by atoms with E-state index in [0.717, 1.165) is 18.9 Å². The monoisotopic (exact) mass is 250 g/mol. The fourth-order valence-electron chi connectivity index (χ4n) is 2.15. The van der Waals surface area contributed by atoms with E-state index in [1.807, 2.05) is 6.07 Å². The average molecular weight is 250 g/mol. The highest BCUT2D eigenvalue weighted by atomic mass is 16.5. The summed E-state index contributed by atoms with van der Waals surface area (Å²) >= 11 is 0. The number of pyridine rings is 1. The van der Waals surface area contributed by atoms with Crippen LogP contribution in [0.3, 0.4) is 0 Å². The van der Waals surface area contributed by atoms with Crippen molar-refractivity contribution in [3.05, 3.63) is 17.7 Å². The van der Waals surface area contributed by atoms with Gasteiger partial charge in [0.1, 0.15) is 11.4 Å². The summed E-state index contributed by atoms with van der Waals surface area (Å²) in [6.07, 6.45) is 3.64. The van der Waals surface area contributed by atoms with E-state index in [0.29, 0.717) is 11.4 Å². The third-order valence-corrected chi connectivity index (χ3v) is 3.12. The lowest BCUT2D eigenvalue weighted by Gasteiger charge is -2.28. The number of rotatable bonds is 3. The lowest BCUT2D eigenvalue weighted by atomic mass is 10.1. The fraction of sp³-hybridized carbons (Fsp3) is 0.538. The van der Waals surface area contributed by atoms with Crippen LogP contribution in [0.5, 0.6) is 5.88 Å². The van der Waals surface area contributed by atoms with Gasteiger partial charge in [0.15, 0.2) is 0 Å². The quantitative estimate of drug-likeness (QED) is 0.766. The molecule has 2 rings (SSSR count). The van der Waals surface area contributed by atoms with Gasteiger partial charge in [-0.2, -0.15) is 4.98 Å². The van der Waals surface area contributed by atoms with Crippen LogP contribution in [-0.2, 0) is 4.74 Å². The predicted molar refractivity (Wildman–Crippen MR) is 68.2 cm³/mol. The summed E-state index contributed by atoms with van der Waals surface area (Å²) < 4.78 is 9.85. The lowest BCUT2D eigenvalue weighted by molar-refractivity contribution is 0.0596. The largest absolute Gasteiger partial charge is 0.480 e. The van der Waals surface area contributed by atoms with Gasteiger partial charge in [0.25, 0.3) is 0 Å². The minimum Gasteiger partial charge on any atom is -0.480 e. The fourth-order valence-corrected chi connectivity index (χ4v) is 2.15. The van der Waals surface area contributed by atoms with Gasteiger partial charge in [0, 0.05) is 13.1 Å². The second kappa shape index (κ2) is 5.71. The minimum absolute atomic E-state index is 0.324. The number of ether oxygens (including phenoxy) is 2. The molecule has 1 aromatic heterocycles. The molecule has 5 heteroatoms. The lowest BCUT2D eigenvalue weighted by Crippen LogP contribution is -2.30. The number of esters is 1. The van der Waals surface area contributed by atoms with Gasteiger partial charge in [0.05, 0.1) is 14.2 Å². The second-order valence-corrected chi connectivity index (χ2v) is 4.27. The summed E-state index contributed by atoms with van der Waals surface area (Å²) in [7, 11) is 2.86. The number of nitrogens with zero attached hydrogens (tertiary/aromatic N) is 2. The van der Waals surface area contributed by atoms with Crippen LogP contribution in [0.2, 0.25) is 0 Å². The van der Waals surface area contributed by atoms with Gasteiger partial charge in [-0.05, 0) is 31.4 Å². The molecule has 0 saturated carbocycles. The molecule has 98 valence electrons. The van der Waals surface area contributed by atoms with Crippen molar-refractivity contribution in [2.75, 3.05) is 32.2 Å². The molecule has 0 radical (unpaired) electrons. The van der Waals surface area contributed by atoms with Crippen LogP contribution in [0.1, 0.15) is 29.6 Å². The number of anilines is 1. The molecule has 1 aliphatic rings. The number of piperidine rings is 1. The molecule has 0 spiro atoms. The van der Waals surface area contributed by atoms with Crippen LogP contribution < -0.4 is 9.64 Å². The Labute approximate surface area is 107 Å². The summed E-state index contributed by atoms with van der Waals surface area (Å²) in [4.78, 5) is 18.1. The number of hydrogen-bond acceptors (Lipinski definition) is 5. The highest BCUT2D eigenvalue weighted by molar-refractivity contribution is 5.92. The first-order valence-electron chi connectivity index (χ1n) is 6.14. The van der Waals surface area contributed by atoms with Crippen molar-refractivity contribution in [2.45, 2.75) is 19.3 Å². The Bertz CT molecular complexity index is 428. The Morgan fingerprint density at radius 3 is 2.56 bits per heavy atom. The van der Waals surface area contributed by atoms with E-state index in [2.05, 4.69) is 9.88 Å². The maximum absolute atomic E-state index is 11.5. The molecule has 1 saturated heterocycles. The Balaban J connectivity index is 2.26. The molecule has 18 heavy (non-hydrogen) atoms. The molecule has 2 heterocycles. The molecule has 1 aliphatic heterocycles. The van der Waals surface area contributed by atoms with Crippen molar-refractivity contribution in [3.63, 3.8) is 0 Å². The van der Waals surface area contributed by atoms with Gasteiger partial charge in [-0.1, -0.05) is 0 Å². The molecule has 0 atom stereocenters. The van der Waals surface area contributed by atoms with Gasteiger partial charge in [-0.25, -0.2) is 4.79 Å². The Hall–Kier alpha value is -1.78. The summed E-state index contributed by atoms with van der Waals surface area (Å²) in [5.74, 6) is 0.758. The van der Waals surface area contributed by atoms with Gasteiger partial charge >= 0.3 is 5.97 Å². The molecular formula is C13H18N2O3. The van der Waals surface area contributed by atoms with Gasteiger partial charge in [0.2, 0.25) is 5.88 Å². The van der Waals surface area contributed by atoms with Gasteiger partial charge in [-0.3, -0.25) is 0 Å². The van der Waals surface area contributed by atoms with Crippen molar-refractivity contribution < 1.29 is 14.3 Å². The molecule has 1 fully saturated rings. The van der Waals surface area contributed by atoms with Gasteiger partial charge in [-0.15, -0.1) is 0 Å². The van der Waals surface area contributed by atoms with E-state index < -0.39 is 5.97 Å². The van der Waals surface area contributed by atoms with E-state index >= 15 is 0 Å². The standard InChI is InChI=1S/C13H18N2O3/c1-17-12-10(13(16)18-2)6-7-11(14-12)15-8-4-3-5-9-15/h6-7H,3-5,8-9H2,1-2H3. The third-order valence-electron chi connectivity index (χ3n) is 3.12. The third kappa shape index (κ3) is 2.55. The molecule has 0 aliphatic carbocycles. The number of carbonyl (C=O) groups is 1. The maximum Gasteiger partial charge on any atom is 0.343 e. The SMILES string of the molecule is COC(=O)c1ccc(N2CCCCC2)nc1OC. The zero-order chi connectivity index (χ0) is 13.0. The summed E-state index contributed by atoms with van der Waals surface area (Å²) in [5.41, 5.74) is 0.362. The summed E-state index contributed by atoms with van der Waals surface area (Å²) in [6.45, 7) is 2.02. The topological polar surface area (TPSA) is 51.7 Å². The van der Waals surface area contributed by atoms with Crippen LogP contribution >= 0.6 is 0 Å². The van der Waals surface area contributed by atoms with Crippen LogP contribution in [0.25, 0.3) is 0 Å². The number of aromatic nitrogens is 1. The number of methoxy groups -OCH3 is 2. The van der Waals surface area contributed by atoms with Crippen molar-refractivity contribution in [2.24, 2.45) is 0 Å². The maximum atomic E-state index is 11.5. The first kappa shape index (κ1) is 12.7. The van der Waals surface area contributed by atoms with E-state index in [1.54, 1.807) is 6.07 Å². The molecule has 5 nitrogen and oxygen atoms in total. The predicted octanol–water partition coefficient (Wildman–Crippen LogP) is 1.87. The summed E-state index contributed by atoms with van der Waals surface area (Å²) in [5, 5.41) is 0. The molecule has 0 N–H and O–H groups in total. The van der Waals surface area contributed by atoms with Crippen molar-refractivity contribution in [1.82, 2.24) is 4.98 Å².